The van der Waals surface area contributed by atoms with Crippen LogP contribution < -0.4 is 5.32 Å². The number of carbonyl (C=O) groups excluding carboxylic acids is 1. The molecule has 0 saturated carbocycles. The smallest absolute Gasteiger partial charge is 0.217 e. The van der Waals surface area contributed by atoms with Crippen LogP contribution in [0, 0.1) is 0 Å². The van der Waals surface area contributed by atoms with Gasteiger partial charge in [0.25, 0.3) is 0 Å². The van der Waals surface area contributed by atoms with Crippen LogP contribution in [0.3, 0.4) is 0 Å². The van der Waals surface area contributed by atoms with E-state index in [9.17, 15) is 4.79 Å². The van der Waals surface area contributed by atoms with E-state index in [1.54, 1.807) is 6.92 Å². The molecule has 1 unspecified atom stereocenters. The van der Waals surface area contributed by atoms with Gasteiger partial charge in [-0.25, -0.2) is 0 Å². The van der Waals surface area contributed by atoms with Crippen molar-refractivity contribution in [2.45, 2.75) is 26.3 Å². The van der Waals surface area contributed by atoms with E-state index in [1.807, 2.05) is 6.92 Å². The van der Waals surface area contributed by atoms with E-state index in [4.69, 9.17) is 0 Å². The SMILES string of the molecule is CC(=O)NC(C)Cc1ccc(-c2cccc3ccccc23)cc1. The van der Waals surface area contributed by atoms with Crippen molar-refractivity contribution < 1.29 is 4.79 Å². The first-order valence-electron chi connectivity index (χ1n) is 7.97. The third kappa shape index (κ3) is 3.59. The number of carbonyl (C=O) groups is 1. The predicted octanol–water partition coefficient (Wildman–Crippen LogP) is 4.57. The van der Waals surface area contributed by atoms with Crippen LogP contribution in [0.2, 0.25) is 0 Å². The van der Waals surface area contributed by atoms with Crippen molar-refractivity contribution in [3.8, 4) is 11.1 Å². The topological polar surface area (TPSA) is 29.1 Å². The lowest BCUT2D eigenvalue weighted by Crippen LogP contribution is -2.31. The van der Waals surface area contributed by atoms with Crippen LogP contribution in [0.1, 0.15) is 19.4 Å². The molecule has 0 saturated heterocycles. The zero-order valence-corrected chi connectivity index (χ0v) is 13.5. The number of amides is 1. The van der Waals surface area contributed by atoms with Crippen LogP contribution in [-0.4, -0.2) is 11.9 Å². The molecule has 0 aromatic heterocycles. The third-order valence-corrected chi connectivity index (χ3v) is 4.05. The molecule has 1 amide bonds. The second-order valence-corrected chi connectivity index (χ2v) is 6.03. The maximum Gasteiger partial charge on any atom is 0.217 e. The van der Waals surface area contributed by atoms with Gasteiger partial charge in [0, 0.05) is 13.0 Å². The molecule has 3 aromatic rings. The lowest BCUT2D eigenvalue weighted by molar-refractivity contribution is -0.119. The lowest BCUT2D eigenvalue weighted by atomic mass is 9.96. The van der Waals surface area contributed by atoms with Gasteiger partial charge >= 0.3 is 0 Å². The maximum atomic E-state index is 11.1. The fourth-order valence-corrected chi connectivity index (χ4v) is 3.05. The summed E-state index contributed by atoms with van der Waals surface area (Å²) in [5, 5.41) is 5.45. The van der Waals surface area contributed by atoms with Crippen molar-refractivity contribution in [3.63, 3.8) is 0 Å². The van der Waals surface area contributed by atoms with Gasteiger partial charge in [0.15, 0.2) is 0 Å². The zero-order chi connectivity index (χ0) is 16.2. The number of fused-ring (bicyclic) bond motifs is 1. The highest BCUT2D eigenvalue weighted by Crippen LogP contribution is 2.28. The van der Waals surface area contributed by atoms with Crippen molar-refractivity contribution in [2.75, 3.05) is 0 Å². The predicted molar refractivity (Wildman–Crippen MR) is 96.4 cm³/mol. The summed E-state index contributed by atoms with van der Waals surface area (Å²) in [7, 11) is 0. The lowest BCUT2D eigenvalue weighted by Gasteiger charge is -2.13. The number of hydrogen-bond acceptors (Lipinski definition) is 1. The van der Waals surface area contributed by atoms with Gasteiger partial charge in [-0.15, -0.1) is 0 Å². The summed E-state index contributed by atoms with van der Waals surface area (Å²) >= 11 is 0. The molecule has 0 radical (unpaired) electrons. The fraction of sp³-hybridized carbons (Fsp3) is 0.190. The van der Waals surface area contributed by atoms with E-state index in [0.29, 0.717) is 0 Å². The number of benzene rings is 3. The molecular weight excluding hydrogens is 282 g/mol. The summed E-state index contributed by atoms with van der Waals surface area (Å²) in [5.74, 6) is 0.0184. The van der Waals surface area contributed by atoms with Crippen molar-refractivity contribution in [2.24, 2.45) is 0 Å². The van der Waals surface area contributed by atoms with E-state index in [1.165, 1.54) is 27.5 Å². The number of hydrogen-bond donors (Lipinski definition) is 1. The molecular formula is C21H21NO. The first-order chi connectivity index (χ1) is 11.1. The Balaban J connectivity index is 1.85. The highest BCUT2D eigenvalue weighted by atomic mass is 16.1. The average molecular weight is 303 g/mol. The van der Waals surface area contributed by atoms with Crippen LogP contribution in [0.25, 0.3) is 21.9 Å². The Labute approximate surface area is 137 Å². The minimum atomic E-state index is 0.0184. The summed E-state index contributed by atoms with van der Waals surface area (Å²) in [4.78, 5) is 11.1. The largest absolute Gasteiger partial charge is 0.354 e. The van der Waals surface area contributed by atoms with Gasteiger partial charge in [-0.05, 0) is 40.8 Å². The molecule has 1 N–H and O–H groups in total. The molecule has 23 heavy (non-hydrogen) atoms. The van der Waals surface area contributed by atoms with Crippen molar-refractivity contribution in [3.05, 3.63) is 72.3 Å². The molecule has 2 heteroatoms. The number of rotatable bonds is 4. The van der Waals surface area contributed by atoms with Crippen LogP contribution in [-0.2, 0) is 11.2 Å². The minimum Gasteiger partial charge on any atom is -0.354 e. The van der Waals surface area contributed by atoms with Crippen molar-refractivity contribution >= 4 is 16.7 Å². The molecule has 1 atom stereocenters. The highest BCUT2D eigenvalue weighted by Gasteiger charge is 2.06. The Hall–Kier alpha value is -2.61. The molecule has 0 aliphatic rings. The maximum absolute atomic E-state index is 11.1. The molecule has 116 valence electrons. The Morgan fingerprint density at radius 2 is 1.65 bits per heavy atom. The molecule has 0 aliphatic heterocycles. The minimum absolute atomic E-state index is 0.0184. The van der Waals surface area contributed by atoms with E-state index in [-0.39, 0.29) is 11.9 Å². The summed E-state index contributed by atoms with van der Waals surface area (Å²) in [6, 6.07) is 23.6. The highest BCUT2D eigenvalue weighted by molar-refractivity contribution is 5.96. The van der Waals surface area contributed by atoms with Gasteiger partial charge in [-0.3, -0.25) is 4.79 Å². The van der Waals surface area contributed by atoms with Crippen molar-refractivity contribution in [1.29, 1.82) is 0 Å². The molecule has 0 heterocycles. The van der Waals surface area contributed by atoms with Crippen LogP contribution in [0.5, 0.6) is 0 Å². The van der Waals surface area contributed by atoms with E-state index < -0.39 is 0 Å². The van der Waals surface area contributed by atoms with Gasteiger partial charge in [-0.2, -0.15) is 0 Å². The number of nitrogens with one attached hydrogen (secondary N) is 1. The first kappa shape index (κ1) is 15.3. The summed E-state index contributed by atoms with van der Waals surface area (Å²) in [6.45, 7) is 3.58. The third-order valence-electron chi connectivity index (χ3n) is 4.05. The molecule has 3 aromatic carbocycles. The van der Waals surface area contributed by atoms with Gasteiger partial charge in [-0.1, -0.05) is 66.7 Å². The molecule has 0 spiro atoms. The van der Waals surface area contributed by atoms with Gasteiger partial charge < -0.3 is 5.32 Å². The zero-order valence-electron chi connectivity index (χ0n) is 13.5. The first-order valence-corrected chi connectivity index (χ1v) is 7.97. The van der Waals surface area contributed by atoms with E-state index in [2.05, 4.69) is 72.0 Å². The molecule has 3 rings (SSSR count). The van der Waals surface area contributed by atoms with Gasteiger partial charge in [0.2, 0.25) is 5.91 Å². The van der Waals surface area contributed by atoms with Crippen LogP contribution in [0.4, 0.5) is 0 Å². The van der Waals surface area contributed by atoms with E-state index in [0.717, 1.165) is 6.42 Å². The Kier molecular flexibility index (Phi) is 4.42. The van der Waals surface area contributed by atoms with Gasteiger partial charge in [0.05, 0.1) is 0 Å². The van der Waals surface area contributed by atoms with Crippen LogP contribution >= 0.6 is 0 Å². The van der Waals surface area contributed by atoms with Crippen LogP contribution in [0.15, 0.2) is 66.7 Å². The standard InChI is InChI=1S/C21H21NO/c1-15(22-16(2)23)14-17-10-12-19(13-11-17)21-9-5-7-18-6-3-4-8-20(18)21/h3-13,15H,14H2,1-2H3,(H,22,23). The van der Waals surface area contributed by atoms with E-state index >= 15 is 0 Å². The normalized spacial score (nSPS) is 12.1. The molecule has 0 fully saturated rings. The quantitative estimate of drug-likeness (QED) is 0.751. The molecule has 0 aliphatic carbocycles. The van der Waals surface area contributed by atoms with Crippen molar-refractivity contribution in [1.82, 2.24) is 5.32 Å². The molecule has 0 bridgehead atoms. The Morgan fingerprint density at radius 1 is 0.957 bits per heavy atom. The monoisotopic (exact) mass is 303 g/mol. The fourth-order valence-electron chi connectivity index (χ4n) is 3.05. The summed E-state index contributed by atoms with van der Waals surface area (Å²) in [6.07, 6.45) is 0.843. The Morgan fingerprint density at radius 3 is 2.39 bits per heavy atom. The average Bonchev–Trinajstić information content (AvgIpc) is 2.54. The second-order valence-electron chi connectivity index (χ2n) is 6.03. The summed E-state index contributed by atoms with van der Waals surface area (Å²) in [5.41, 5.74) is 3.71. The summed E-state index contributed by atoms with van der Waals surface area (Å²) < 4.78 is 0. The second kappa shape index (κ2) is 6.66. The van der Waals surface area contributed by atoms with Gasteiger partial charge in [0.1, 0.15) is 0 Å². The Bertz CT molecular complexity index is 815. The molecule has 2 nitrogen and oxygen atoms in total.